The van der Waals surface area contributed by atoms with Crippen LogP contribution in [0, 0.1) is 0 Å². The van der Waals surface area contributed by atoms with Crippen LogP contribution in [0.4, 0.5) is 10.5 Å². The second-order valence-corrected chi connectivity index (χ2v) is 6.69. The summed E-state index contributed by atoms with van der Waals surface area (Å²) in [6, 6.07) is 4.75. The smallest absolute Gasteiger partial charge is 0.319 e. The molecule has 1 aromatic carbocycles. The summed E-state index contributed by atoms with van der Waals surface area (Å²) in [4.78, 5) is 14.2. The summed E-state index contributed by atoms with van der Waals surface area (Å²) >= 11 is 11.8. The molecule has 2 rings (SSSR count). The lowest BCUT2D eigenvalue weighted by molar-refractivity contribution is -0.0679. The Morgan fingerprint density at radius 1 is 1.26 bits per heavy atom. The Morgan fingerprint density at radius 2 is 1.96 bits per heavy atom. The van der Waals surface area contributed by atoms with Crippen LogP contribution in [-0.4, -0.2) is 49.3 Å². The van der Waals surface area contributed by atoms with Crippen LogP contribution < -0.4 is 10.6 Å². The van der Waals surface area contributed by atoms with Gasteiger partial charge in [-0.3, -0.25) is 4.90 Å². The maximum atomic E-state index is 11.8. The molecule has 23 heavy (non-hydrogen) atoms. The Kier molecular flexibility index (Phi) is 6.96. The highest BCUT2D eigenvalue weighted by Crippen LogP contribution is 2.24. The highest BCUT2D eigenvalue weighted by atomic mass is 35.5. The first-order valence-corrected chi connectivity index (χ1v) is 8.57. The van der Waals surface area contributed by atoms with Gasteiger partial charge in [0.2, 0.25) is 0 Å². The van der Waals surface area contributed by atoms with E-state index < -0.39 is 0 Å². The van der Waals surface area contributed by atoms with Crippen molar-refractivity contribution in [2.45, 2.75) is 32.5 Å². The predicted octanol–water partition coefficient (Wildman–Crippen LogP) is 3.61. The summed E-state index contributed by atoms with van der Waals surface area (Å²) in [7, 11) is 0. The van der Waals surface area contributed by atoms with E-state index >= 15 is 0 Å². The fraction of sp³-hybridized carbons (Fsp3) is 0.562. The van der Waals surface area contributed by atoms with E-state index in [9.17, 15) is 4.79 Å². The van der Waals surface area contributed by atoms with Crippen molar-refractivity contribution in [1.82, 2.24) is 10.2 Å². The van der Waals surface area contributed by atoms with Gasteiger partial charge in [0, 0.05) is 31.9 Å². The summed E-state index contributed by atoms with van der Waals surface area (Å²) in [6.07, 6.45) is 1.43. The lowest BCUT2D eigenvalue weighted by atomic mass is 10.2. The van der Waals surface area contributed by atoms with Gasteiger partial charge in [-0.2, -0.15) is 0 Å². The van der Waals surface area contributed by atoms with E-state index in [-0.39, 0.29) is 18.2 Å². The molecule has 1 aliphatic rings. The van der Waals surface area contributed by atoms with Gasteiger partial charge >= 0.3 is 6.03 Å². The quantitative estimate of drug-likeness (QED) is 0.789. The monoisotopic (exact) mass is 359 g/mol. The van der Waals surface area contributed by atoms with Gasteiger partial charge in [0.1, 0.15) is 0 Å². The van der Waals surface area contributed by atoms with Crippen molar-refractivity contribution < 1.29 is 9.53 Å². The second-order valence-electron chi connectivity index (χ2n) is 5.88. The van der Waals surface area contributed by atoms with Crippen molar-refractivity contribution in [2.24, 2.45) is 0 Å². The number of carbonyl (C=O) groups excluding carboxylic acids is 1. The first kappa shape index (κ1) is 18.3. The zero-order valence-corrected chi connectivity index (χ0v) is 15.0. The number of amides is 2. The van der Waals surface area contributed by atoms with Crippen LogP contribution in [0.1, 0.15) is 20.3 Å². The highest BCUT2D eigenvalue weighted by molar-refractivity contribution is 6.42. The summed E-state index contributed by atoms with van der Waals surface area (Å²) in [5, 5.41) is 6.46. The molecule has 1 heterocycles. The van der Waals surface area contributed by atoms with Crippen LogP contribution >= 0.6 is 23.2 Å². The van der Waals surface area contributed by atoms with E-state index in [4.69, 9.17) is 27.9 Å². The molecule has 7 heteroatoms. The molecule has 0 unspecified atom stereocenters. The molecule has 0 bridgehead atoms. The minimum atomic E-state index is -0.243. The van der Waals surface area contributed by atoms with Crippen molar-refractivity contribution in [2.75, 3.05) is 31.5 Å². The summed E-state index contributed by atoms with van der Waals surface area (Å²) in [6.45, 7) is 7.63. The maximum absolute atomic E-state index is 11.8. The molecule has 1 fully saturated rings. The van der Waals surface area contributed by atoms with Gasteiger partial charge in [0.15, 0.2) is 0 Å². The number of hydrogen-bond donors (Lipinski definition) is 2. The van der Waals surface area contributed by atoms with E-state index in [2.05, 4.69) is 29.4 Å². The molecule has 2 amide bonds. The fourth-order valence-electron chi connectivity index (χ4n) is 2.72. The van der Waals surface area contributed by atoms with Crippen molar-refractivity contribution in [1.29, 1.82) is 0 Å². The zero-order valence-electron chi connectivity index (χ0n) is 13.4. The fourth-order valence-corrected chi connectivity index (χ4v) is 3.02. The number of carbonyl (C=O) groups is 1. The molecule has 1 aliphatic heterocycles. The number of anilines is 1. The van der Waals surface area contributed by atoms with Gasteiger partial charge in [-0.05, 0) is 38.5 Å². The number of nitrogens with one attached hydrogen (secondary N) is 2. The number of ether oxygens (including phenoxy) is 1. The van der Waals surface area contributed by atoms with Crippen LogP contribution in [-0.2, 0) is 4.74 Å². The molecule has 0 spiro atoms. The van der Waals surface area contributed by atoms with Crippen LogP contribution in [0.3, 0.4) is 0 Å². The highest BCUT2D eigenvalue weighted by Gasteiger charge is 2.21. The van der Waals surface area contributed by atoms with Crippen LogP contribution in [0.5, 0.6) is 0 Å². The van der Waals surface area contributed by atoms with E-state index in [1.807, 2.05) is 0 Å². The van der Waals surface area contributed by atoms with E-state index in [1.165, 1.54) is 0 Å². The minimum absolute atomic E-state index is 0.243. The number of nitrogens with zero attached hydrogens (tertiary/aromatic N) is 1. The summed E-state index contributed by atoms with van der Waals surface area (Å²) in [5.41, 5.74) is 0.618. The summed E-state index contributed by atoms with van der Waals surface area (Å²) < 4.78 is 5.70. The summed E-state index contributed by atoms with van der Waals surface area (Å²) in [5.74, 6) is 0. The Morgan fingerprint density at radius 3 is 2.61 bits per heavy atom. The number of hydrogen-bond acceptors (Lipinski definition) is 3. The maximum Gasteiger partial charge on any atom is 0.319 e. The molecule has 5 nitrogen and oxygen atoms in total. The predicted molar refractivity (Wildman–Crippen MR) is 94.5 cm³/mol. The van der Waals surface area contributed by atoms with Gasteiger partial charge in [0.05, 0.1) is 22.3 Å². The van der Waals surface area contributed by atoms with Crippen LogP contribution in [0.15, 0.2) is 18.2 Å². The SMILES string of the molecule is C[C@@H]1CN(CCCNC(=O)Nc2ccc(Cl)c(Cl)c2)C[C@@H](C)O1. The van der Waals surface area contributed by atoms with Crippen molar-refractivity contribution in [3.8, 4) is 0 Å². The van der Waals surface area contributed by atoms with Gasteiger partial charge in [-0.25, -0.2) is 4.79 Å². The average Bonchev–Trinajstić information content (AvgIpc) is 2.46. The Hall–Kier alpha value is -1.01. The van der Waals surface area contributed by atoms with Gasteiger partial charge in [-0.15, -0.1) is 0 Å². The Labute approximate surface area is 147 Å². The molecule has 2 N–H and O–H groups in total. The van der Waals surface area contributed by atoms with Crippen molar-refractivity contribution >= 4 is 34.9 Å². The van der Waals surface area contributed by atoms with Crippen LogP contribution in [0.25, 0.3) is 0 Å². The van der Waals surface area contributed by atoms with Crippen molar-refractivity contribution in [3.05, 3.63) is 28.2 Å². The second kappa shape index (κ2) is 8.73. The number of rotatable bonds is 5. The molecule has 128 valence electrons. The number of urea groups is 1. The molecular weight excluding hydrogens is 337 g/mol. The van der Waals surface area contributed by atoms with Crippen molar-refractivity contribution in [3.63, 3.8) is 0 Å². The largest absolute Gasteiger partial charge is 0.373 e. The first-order chi connectivity index (χ1) is 10.9. The Bertz CT molecular complexity index is 532. The third kappa shape index (κ3) is 6.18. The molecule has 1 saturated heterocycles. The van der Waals surface area contributed by atoms with E-state index in [0.29, 0.717) is 22.3 Å². The lowest BCUT2D eigenvalue weighted by Crippen LogP contribution is -2.46. The van der Waals surface area contributed by atoms with Gasteiger partial charge in [0.25, 0.3) is 0 Å². The molecule has 0 aromatic heterocycles. The molecule has 0 radical (unpaired) electrons. The van der Waals surface area contributed by atoms with E-state index in [1.54, 1.807) is 18.2 Å². The minimum Gasteiger partial charge on any atom is -0.373 e. The number of halogens is 2. The first-order valence-electron chi connectivity index (χ1n) is 7.81. The topological polar surface area (TPSA) is 53.6 Å². The van der Waals surface area contributed by atoms with E-state index in [0.717, 1.165) is 26.1 Å². The third-order valence-corrected chi connectivity index (χ3v) is 4.35. The lowest BCUT2D eigenvalue weighted by Gasteiger charge is -2.35. The normalized spacial score (nSPS) is 21.9. The number of benzene rings is 1. The van der Waals surface area contributed by atoms with Gasteiger partial charge in [-0.1, -0.05) is 23.2 Å². The van der Waals surface area contributed by atoms with Crippen LogP contribution in [0.2, 0.25) is 10.0 Å². The van der Waals surface area contributed by atoms with Gasteiger partial charge < -0.3 is 15.4 Å². The Balaban J connectivity index is 1.65. The average molecular weight is 360 g/mol. The molecule has 0 saturated carbocycles. The standard InChI is InChI=1S/C16H23Cl2N3O2/c1-11-9-21(10-12(2)23-11)7-3-6-19-16(22)20-13-4-5-14(17)15(18)8-13/h4-5,8,11-12H,3,6-7,9-10H2,1-2H3,(H2,19,20,22)/t11-,12-/m1/s1. The molecule has 1 aromatic rings. The number of morpholine rings is 1. The third-order valence-electron chi connectivity index (χ3n) is 3.61. The molecule has 2 atom stereocenters. The molecular formula is C16H23Cl2N3O2. The zero-order chi connectivity index (χ0) is 16.8. The molecule has 0 aliphatic carbocycles.